The van der Waals surface area contributed by atoms with Crippen molar-refractivity contribution in [2.75, 3.05) is 39.8 Å². The van der Waals surface area contributed by atoms with Crippen molar-refractivity contribution in [1.82, 2.24) is 15.1 Å². The smallest absolute Gasteiger partial charge is 0.344 e. The molecular weight excluding hydrogens is 484 g/mol. The van der Waals surface area contributed by atoms with Gasteiger partial charge in [0.2, 0.25) is 5.91 Å². The molecular formula is C23H26ClF6N3O. The number of carbonyl (C=O) groups is 1. The zero-order valence-corrected chi connectivity index (χ0v) is 19.2. The molecule has 1 unspecified atom stereocenters. The number of benzene rings is 2. The molecule has 1 aliphatic heterocycles. The molecule has 2 aromatic rings. The zero-order valence-electron chi connectivity index (χ0n) is 18.4. The number of hydrogen-bond donors (Lipinski definition) is 1. The Balaban J connectivity index is 0.00000408. The van der Waals surface area contributed by atoms with Crippen LogP contribution in [-0.4, -0.2) is 55.5 Å². The predicted molar refractivity (Wildman–Crippen MR) is 119 cm³/mol. The SMILES string of the molecule is CN(CCc1cc(C(F)(F)F)cc(C(F)(F)F)c1)C(=O)C(c1ccccc1)N1CCNCC1.Cl. The average molecular weight is 510 g/mol. The molecule has 188 valence electrons. The lowest BCUT2D eigenvalue weighted by molar-refractivity contribution is -0.143. The number of alkyl halides is 6. The summed E-state index contributed by atoms with van der Waals surface area (Å²) in [7, 11) is 1.51. The highest BCUT2D eigenvalue weighted by Gasteiger charge is 2.37. The van der Waals surface area contributed by atoms with E-state index in [2.05, 4.69) is 5.32 Å². The van der Waals surface area contributed by atoms with E-state index in [1.165, 1.54) is 11.9 Å². The number of nitrogens with one attached hydrogen (secondary N) is 1. The molecule has 1 amide bonds. The van der Waals surface area contributed by atoms with E-state index in [1.54, 1.807) is 0 Å². The van der Waals surface area contributed by atoms with Gasteiger partial charge in [-0.1, -0.05) is 30.3 Å². The molecule has 1 aliphatic rings. The minimum absolute atomic E-state index is 0. The second kappa shape index (κ2) is 11.4. The molecule has 34 heavy (non-hydrogen) atoms. The summed E-state index contributed by atoms with van der Waals surface area (Å²) < 4.78 is 78.7. The van der Waals surface area contributed by atoms with E-state index in [9.17, 15) is 31.1 Å². The molecule has 0 aliphatic carbocycles. The van der Waals surface area contributed by atoms with Crippen molar-refractivity contribution >= 4 is 18.3 Å². The van der Waals surface area contributed by atoms with E-state index >= 15 is 0 Å². The summed E-state index contributed by atoms with van der Waals surface area (Å²) in [5, 5.41) is 3.22. The largest absolute Gasteiger partial charge is 0.416 e. The maximum Gasteiger partial charge on any atom is 0.416 e. The maximum atomic E-state index is 13.3. The molecule has 11 heteroatoms. The van der Waals surface area contributed by atoms with Crippen LogP contribution < -0.4 is 5.32 Å². The van der Waals surface area contributed by atoms with E-state index in [-0.39, 0.29) is 42.9 Å². The van der Waals surface area contributed by atoms with E-state index in [1.807, 2.05) is 35.2 Å². The predicted octanol–water partition coefficient (Wildman–Crippen LogP) is 4.79. The fourth-order valence-electron chi connectivity index (χ4n) is 3.86. The van der Waals surface area contributed by atoms with Gasteiger partial charge >= 0.3 is 12.4 Å². The average Bonchev–Trinajstić information content (AvgIpc) is 2.77. The first kappa shape index (κ1) is 27.9. The minimum Gasteiger partial charge on any atom is -0.344 e. The van der Waals surface area contributed by atoms with Crippen molar-refractivity contribution in [3.63, 3.8) is 0 Å². The second-order valence-corrected chi connectivity index (χ2v) is 8.02. The first-order valence-corrected chi connectivity index (χ1v) is 10.5. The number of halogens is 7. The summed E-state index contributed by atoms with van der Waals surface area (Å²) in [6.45, 7) is 2.69. The third-order valence-corrected chi connectivity index (χ3v) is 5.63. The van der Waals surface area contributed by atoms with Crippen LogP contribution in [0.3, 0.4) is 0 Å². The topological polar surface area (TPSA) is 35.6 Å². The highest BCUT2D eigenvalue weighted by atomic mass is 35.5. The third kappa shape index (κ3) is 7.10. The van der Waals surface area contributed by atoms with Gasteiger partial charge in [-0.3, -0.25) is 9.69 Å². The number of rotatable bonds is 6. The van der Waals surface area contributed by atoms with E-state index in [0.717, 1.165) is 5.56 Å². The molecule has 1 N–H and O–H groups in total. The van der Waals surface area contributed by atoms with Gasteiger partial charge in [0.25, 0.3) is 0 Å². The Labute approximate surface area is 200 Å². The molecule has 1 heterocycles. The normalized spacial score (nSPS) is 16.0. The van der Waals surface area contributed by atoms with Gasteiger partial charge in [0.1, 0.15) is 6.04 Å². The lowest BCUT2D eigenvalue weighted by Gasteiger charge is -2.36. The number of likely N-dealkylation sites (N-methyl/N-ethyl adjacent to an activating group) is 1. The first-order valence-electron chi connectivity index (χ1n) is 10.5. The number of hydrogen-bond acceptors (Lipinski definition) is 3. The van der Waals surface area contributed by atoms with Gasteiger partial charge in [-0.2, -0.15) is 26.3 Å². The minimum atomic E-state index is -4.90. The van der Waals surface area contributed by atoms with Crippen LogP contribution in [0.2, 0.25) is 0 Å². The number of amides is 1. The zero-order chi connectivity index (χ0) is 24.2. The molecule has 0 saturated carbocycles. The van der Waals surface area contributed by atoms with Crippen LogP contribution in [-0.2, 0) is 23.6 Å². The summed E-state index contributed by atoms with van der Waals surface area (Å²) in [6.07, 6.45) is -9.95. The molecule has 0 aromatic heterocycles. The Morgan fingerprint density at radius 2 is 1.50 bits per heavy atom. The fraction of sp³-hybridized carbons (Fsp3) is 0.435. The molecule has 0 radical (unpaired) electrons. The van der Waals surface area contributed by atoms with Crippen LogP contribution in [0.4, 0.5) is 26.3 Å². The fourth-order valence-corrected chi connectivity index (χ4v) is 3.86. The summed E-state index contributed by atoms with van der Waals surface area (Å²) in [5.41, 5.74) is -2.06. The Morgan fingerprint density at radius 1 is 0.971 bits per heavy atom. The van der Waals surface area contributed by atoms with Crippen LogP contribution in [0, 0.1) is 0 Å². The van der Waals surface area contributed by atoms with E-state index in [4.69, 9.17) is 0 Å². The van der Waals surface area contributed by atoms with Crippen molar-refractivity contribution in [3.8, 4) is 0 Å². The molecule has 1 atom stereocenters. The lowest BCUT2D eigenvalue weighted by Crippen LogP contribution is -2.50. The first-order chi connectivity index (χ1) is 15.5. The summed E-state index contributed by atoms with van der Waals surface area (Å²) in [4.78, 5) is 16.7. The summed E-state index contributed by atoms with van der Waals surface area (Å²) in [6, 6.07) is 10.1. The second-order valence-electron chi connectivity index (χ2n) is 8.02. The number of nitrogens with zero attached hydrogens (tertiary/aromatic N) is 2. The Hall–Kier alpha value is -2.30. The molecule has 2 aromatic carbocycles. The Bertz CT molecular complexity index is 914. The highest BCUT2D eigenvalue weighted by Crippen LogP contribution is 2.36. The number of piperazine rings is 1. The van der Waals surface area contributed by atoms with Crippen molar-refractivity contribution in [2.45, 2.75) is 24.8 Å². The van der Waals surface area contributed by atoms with Gasteiger partial charge in [-0.05, 0) is 35.7 Å². The molecule has 0 spiro atoms. The summed E-state index contributed by atoms with van der Waals surface area (Å²) in [5.74, 6) is -0.258. The monoisotopic (exact) mass is 509 g/mol. The summed E-state index contributed by atoms with van der Waals surface area (Å²) >= 11 is 0. The van der Waals surface area contributed by atoms with Crippen molar-refractivity contribution in [2.24, 2.45) is 0 Å². The van der Waals surface area contributed by atoms with Crippen molar-refractivity contribution in [3.05, 3.63) is 70.8 Å². The van der Waals surface area contributed by atoms with Gasteiger partial charge in [0.15, 0.2) is 0 Å². The van der Waals surface area contributed by atoms with E-state index < -0.39 is 29.5 Å². The van der Waals surface area contributed by atoms with Crippen molar-refractivity contribution < 1.29 is 31.1 Å². The van der Waals surface area contributed by atoms with Crippen LogP contribution in [0.1, 0.15) is 28.3 Å². The van der Waals surface area contributed by atoms with Gasteiger partial charge in [0, 0.05) is 39.8 Å². The Morgan fingerprint density at radius 3 is 2.00 bits per heavy atom. The third-order valence-electron chi connectivity index (χ3n) is 5.63. The quantitative estimate of drug-likeness (QED) is 0.569. The van der Waals surface area contributed by atoms with Crippen LogP contribution in [0.15, 0.2) is 48.5 Å². The molecule has 0 bridgehead atoms. The molecule has 1 fully saturated rings. The van der Waals surface area contributed by atoms with Crippen LogP contribution in [0.5, 0.6) is 0 Å². The molecule has 3 rings (SSSR count). The number of carbonyl (C=O) groups excluding carboxylic acids is 1. The molecule has 1 saturated heterocycles. The van der Waals surface area contributed by atoms with Crippen molar-refractivity contribution in [1.29, 1.82) is 0 Å². The lowest BCUT2D eigenvalue weighted by atomic mass is 10.0. The van der Waals surface area contributed by atoms with Crippen LogP contribution >= 0.6 is 12.4 Å². The Kier molecular flexibility index (Phi) is 9.38. The van der Waals surface area contributed by atoms with Gasteiger partial charge in [-0.15, -0.1) is 12.4 Å². The molecule has 4 nitrogen and oxygen atoms in total. The van der Waals surface area contributed by atoms with Gasteiger partial charge < -0.3 is 10.2 Å². The maximum absolute atomic E-state index is 13.3. The highest BCUT2D eigenvalue weighted by molar-refractivity contribution is 5.85. The van der Waals surface area contributed by atoms with Gasteiger partial charge in [-0.25, -0.2) is 0 Å². The van der Waals surface area contributed by atoms with Crippen LogP contribution in [0.25, 0.3) is 0 Å². The standard InChI is InChI=1S/C23H25F6N3O.ClH/c1-31(10-7-16-13-18(22(24,25)26)15-19(14-16)23(27,28)29)21(33)20(17-5-3-2-4-6-17)32-11-8-30-9-12-32;/h2-6,13-15,20,30H,7-12H2,1H3;1H. The van der Waals surface area contributed by atoms with E-state index in [0.29, 0.717) is 38.3 Å². The van der Waals surface area contributed by atoms with Gasteiger partial charge in [0.05, 0.1) is 11.1 Å².